The highest BCUT2D eigenvalue weighted by Gasteiger charge is 2.11. The lowest BCUT2D eigenvalue weighted by Crippen LogP contribution is -2.03. The monoisotopic (exact) mass is 312 g/mol. The van der Waals surface area contributed by atoms with Gasteiger partial charge in [0.2, 0.25) is 5.82 Å². The average molecular weight is 313 g/mol. The van der Waals surface area contributed by atoms with E-state index < -0.39 is 6.10 Å². The van der Waals surface area contributed by atoms with Crippen LogP contribution in [0, 0.1) is 0 Å². The molecule has 1 aromatic carbocycles. The van der Waals surface area contributed by atoms with E-state index in [9.17, 15) is 5.11 Å². The molecular formula is C11H13BrN4O2. The minimum atomic E-state index is -0.595. The zero-order chi connectivity index (χ0) is 13.1. The molecule has 96 valence electrons. The van der Waals surface area contributed by atoms with Crippen molar-refractivity contribution in [2.24, 2.45) is 7.05 Å². The Kier molecular flexibility index (Phi) is 3.93. The molecule has 2 aromatic rings. The lowest BCUT2D eigenvalue weighted by atomic mass is 10.1. The van der Waals surface area contributed by atoms with Crippen molar-refractivity contribution in [3.8, 4) is 5.75 Å². The Labute approximate surface area is 113 Å². The van der Waals surface area contributed by atoms with Gasteiger partial charge < -0.3 is 9.84 Å². The minimum Gasteiger partial charge on any atom is -0.485 e. The summed E-state index contributed by atoms with van der Waals surface area (Å²) in [7, 11) is 1.69. The molecule has 18 heavy (non-hydrogen) atoms. The van der Waals surface area contributed by atoms with Crippen molar-refractivity contribution in [1.82, 2.24) is 20.2 Å². The van der Waals surface area contributed by atoms with E-state index in [0.717, 1.165) is 10.0 Å². The second-order valence-electron chi connectivity index (χ2n) is 3.84. The van der Waals surface area contributed by atoms with E-state index in [1.807, 2.05) is 12.1 Å². The van der Waals surface area contributed by atoms with E-state index >= 15 is 0 Å². The molecule has 0 saturated heterocycles. The Hall–Kier alpha value is -1.47. The van der Waals surface area contributed by atoms with Crippen molar-refractivity contribution < 1.29 is 9.84 Å². The number of aliphatic hydroxyl groups is 1. The van der Waals surface area contributed by atoms with Crippen LogP contribution < -0.4 is 4.74 Å². The van der Waals surface area contributed by atoms with Gasteiger partial charge in [0.1, 0.15) is 5.75 Å². The molecule has 7 heteroatoms. The maximum absolute atomic E-state index is 9.65. The fourth-order valence-corrected chi connectivity index (χ4v) is 1.84. The van der Waals surface area contributed by atoms with Crippen LogP contribution in [0.3, 0.4) is 0 Å². The number of aryl methyl sites for hydroxylation is 1. The molecule has 0 radical (unpaired) electrons. The summed E-state index contributed by atoms with van der Waals surface area (Å²) in [4.78, 5) is 1.37. The number of tetrazole rings is 1. The van der Waals surface area contributed by atoms with Gasteiger partial charge in [-0.2, -0.15) is 4.80 Å². The molecule has 0 bridgehead atoms. The number of rotatable bonds is 4. The van der Waals surface area contributed by atoms with Crippen LogP contribution in [0.25, 0.3) is 0 Å². The second kappa shape index (κ2) is 5.45. The number of aliphatic hydroxyl groups excluding tert-OH is 1. The van der Waals surface area contributed by atoms with E-state index in [4.69, 9.17) is 4.74 Å². The van der Waals surface area contributed by atoms with Gasteiger partial charge in [0, 0.05) is 10.0 Å². The van der Waals surface area contributed by atoms with Gasteiger partial charge >= 0.3 is 0 Å². The molecule has 0 saturated carbocycles. The molecule has 0 aliphatic carbocycles. The fourth-order valence-electron chi connectivity index (χ4n) is 1.50. The fraction of sp³-hybridized carbons (Fsp3) is 0.364. The first-order valence-corrected chi connectivity index (χ1v) is 6.19. The van der Waals surface area contributed by atoms with Crippen LogP contribution in [0.15, 0.2) is 22.7 Å². The second-order valence-corrected chi connectivity index (χ2v) is 4.76. The summed E-state index contributed by atoms with van der Waals surface area (Å²) in [5, 5.41) is 21.2. The summed E-state index contributed by atoms with van der Waals surface area (Å²) in [5.41, 5.74) is 0.724. The van der Waals surface area contributed by atoms with Gasteiger partial charge in [0.25, 0.3) is 0 Å². The van der Waals surface area contributed by atoms with Crippen LogP contribution >= 0.6 is 15.9 Å². The number of benzene rings is 1. The van der Waals surface area contributed by atoms with E-state index in [2.05, 4.69) is 31.3 Å². The molecule has 0 fully saturated rings. The van der Waals surface area contributed by atoms with Crippen molar-refractivity contribution in [1.29, 1.82) is 0 Å². The highest BCUT2D eigenvalue weighted by atomic mass is 79.9. The summed E-state index contributed by atoms with van der Waals surface area (Å²) in [6.45, 7) is 1.90. The Morgan fingerprint density at radius 1 is 1.50 bits per heavy atom. The molecular weight excluding hydrogens is 300 g/mol. The molecule has 1 atom stereocenters. The molecule has 2 rings (SSSR count). The minimum absolute atomic E-state index is 0.212. The van der Waals surface area contributed by atoms with E-state index in [0.29, 0.717) is 11.6 Å². The van der Waals surface area contributed by atoms with Crippen LogP contribution in [-0.4, -0.2) is 25.3 Å². The third kappa shape index (κ3) is 3.05. The summed E-state index contributed by atoms with van der Waals surface area (Å²) < 4.78 is 6.49. The topological polar surface area (TPSA) is 73.1 Å². The Morgan fingerprint density at radius 3 is 2.89 bits per heavy atom. The van der Waals surface area contributed by atoms with Gasteiger partial charge in [-0.15, -0.1) is 10.2 Å². The van der Waals surface area contributed by atoms with Crippen molar-refractivity contribution in [2.45, 2.75) is 19.6 Å². The van der Waals surface area contributed by atoms with Crippen molar-refractivity contribution in [2.75, 3.05) is 0 Å². The van der Waals surface area contributed by atoms with Crippen LogP contribution in [-0.2, 0) is 13.7 Å². The van der Waals surface area contributed by atoms with E-state index in [-0.39, 0.29) is 6.61 Å². The zero-order valence-electron chi connectivity index (χ0n) is 10.0. The normalized spacial score (nSPS) is 12.4. The first-order chi connectivity index (χ1) is 8.56. The van der Waals surface area contributed by atoms with Crippen LogP contribution in [0.5, 0.6) is 5.75 Å². The van der Waals surface area contributed by atoms with Gasteiger partial charge in [-0.1, -0.05) is 22.0 Å². The zero-order valence-corrected chi connectivity index (χ0v) is 11.6. The van der Waals surface area contributed by atoms with Crippen LogP contribution in [0.1, 0.15) is 24.4 Å². The third-order valence-electron chi connectivity index (χ3n) is 2.33. The molecule has 0 aliphatic rings. The third-order valence-corrected chi connectivity index (χ3v) is 2.83. The van der Waals surface area contributed by atoms with Crippen molar-refractivity contribution in [3.05, 3.63) is 34.1 Å². The van der Waals surface area contributed by atoms with Crippen LogP contribution in [0.4, 0.5) is 0 Å². The largest absolute Gasteiger partial charge is 0.485 e. The number of hydrogen-bond acceptors (Lipinski definition) is 5. The van der Waals surface area contributed by atoms with Crippen LogP contribution in [0.2, 0.25) is 0 Å². The molecule has 1 heterocycles. The lowest BCUT2D eigenvalue weighted by Gasteiger charge is -2.12. The van der Waals surface area contributed by atoms with E-state index in [1.165, 1.54) is 4.80 Å². The number of nitrogens with zero attached hydrogens (tertiary/aromatic N) is 4. The predicted molar refractivity (Wildman–Crippen MR) is 67.9 cm³/mol. The first-order valence-electron chi connectivity index (χ1n) is 5.39. The van der Waals surface area contributed by atoms with Gasteiger partial charge in [-0.05, 0) is 24.3 Å². The van der Waals surface area contributed by atoms with E-state index in [1.54, 1.807) is 20.0 Å². The highest BCUT2D eigenvalue weighted by molar-refractivity contribution is 9.10. The molecule has 0 spiro atoms. The molecule has 1 N–H and O–H groups in total. The standard InChI is InChI=1S/C11H13BrN4O2/c1-7(17)9-4-3-8(12)5-10(9)18-6-11-13-15-16(2)14-11/h3-5,7,17H,6H2,1-2H3/t7-/m1/s1. The molecule has 0 unspecified atom stereocenters. The van der Waals surface area contributed by atoms with Gasteiger partial charge in [-0.3, -0.25) is 0 Å². The SMILES string of the molecule is C[C@@H](O)c1ccc(Br)cc1OCc1nnn(C)n1. The quantitative estimate of drug-likeness (QED) is 0.928. The first kappa shape index (κ1) is 13.0. The number of ether oxygens (including phenoxy) is 1. The summed E-state index contributed by atoms with van der Waals surface area (Å²) in [6.07, 6.45) is -0.595. The summed E-state index contributed by atoms with van der Waals surface area (Å²) >= 11 is 3.37. The Morgan fingerprint density at radius 2 is 2.28 bits per heavy atom. The Bertz CT molecular complexity index is 542. The maximum Gasteiger partial charge on any atom is 0.212 e. The van der Waals surface area contributed by atoms with Crippen molar-refractivity contribution in [3.63, 3.8) is 0 Å². The summed E-state index contributed by atoms with van der Waals surface area (Å²) in [6, 6.07) is 5.47. The molecule has 0 amide bonds. The van der Waals surface area contributed by atoms with Crippen molar-refractivity contribution >= 4 is 15.9 Å². The van der Waals surface area contributed by atoms with Gasteiger partial charge in [0.15, 0.2) is 6.61 Å². The smallest absolute Gasteiger partial charge is 0.212 e. The average Bonchev–Trinajstić information content (AvgIpc) is 2.72. The molecule has 6 nitrogen and oxygen atoms in total. The van der Waals surface area contributed by atoms with Gasteiger partial charge in [0.05, 0.1) is 13.2 Å². The predicted octanol–water partition coefficient (Wildman–Crippen LogP) is 1.60. The molecule has 1 aromatic heterocycles. The lowest BCUT2D eigenvalue weighted by molar-refractivity contribution is 0.189. The number of hydrogen-bond donors (Lipinski definition) is 1. The van der Waals surface area contributed by atoms with Gasteiger partial charge in [-0.25, -0.2) is 0 Å². The Balaban J connectivity index is 2.15. The highest BCUT2D eigenvalue weighted by Crippen LogP contribution is 2.28. The maximum atomic E-state index is 9.65. The summed E-state index contributed by atoms with van der Waals surface area (Å²) in [5.74, 6) is 1.10. The number of halogens is 1. The number of aromatic nitrogens is 4. The molecule has 0 aliphatic heterocycles.